The van der Waals surface area contributed by atoms with Crippen molar-refractivity contribution < 1.29 is 28.5 Å². The lowest BCUT2D eigenvalue weighted by Gasteiger charge is -2.22. The normalized spacial score (nSPS) is 26.1. The third kappa shape index (κ3) is 2.86. The van der Waals surface area contributed by atoms with Crippen molar-refractivity contribution in [1.29, 1.82) is 0 Å². The van der Waals surface area contributed by atoms with E-state index in [1.807, 2.05) is 6.92 Å². The first-order valence-electron chi connectivity index (χ1n) is 8.76. The summed E-state index contributed by atoms with van der Waals surface area (Å²) in [6.07, 6.45) is -0.854. The topological polar surface area (TPSA) is 91.4 Å². The summed E-state index contributed by atoms with van der Waals surface area (Å²) in [7, 11) is 0. The smallest absolute Gasteiger partial charge is 0.194 e. The summed E-state index contributed by atoms with van der Waals surface area (Å²) >= 11 is 0. The van der Waals surface area contributed by atoms with Gasteiger partial charge in [0.15, 0.2) is 17.5 Å². The van der Waals surface area contributed by atoms with Gasteiger partial charge in [0.25, 0.3) is 0 Å². The number of rotatable bonds is 3. The van der Waals surface area contributed by atoms with E-state index in [-0.39, 0.29) is 12.0 Å². The van der Waals surface area contributed by atoms with E-state index in [4.69, 9.17) is 0 Å². The number of fused-ring (bicyclic) bond motifs is 1. The zero-order chi connectivity index (χ0) is 20.2. The highest BCUT2D eigenvalue weighted by molar-refractivity contribution is 5.78. The van der Waals surface area contributed by atoms with Gasteiger partial charge >= 0.3 is 0 Å². The van der Waals surface area contributed by atoms with Crippen LogP contribution >= 0.6 is 0 Å². The van der Waals surface area contributed by atoms with Gasteiger partial charge in [0.05, 0.1) is 23.9 Å². The second kappa shape index (κ2) is 6.84. The molecule has 1 aliphatic rings. The molecular formula is C19H18F3N3O3. The lowest BCUT2D eigenvalue weighted by Crippen LogP contribution is -2.31. The number of halogens is 3. The Balaban J connectivity index is 1.67. The number of aryl methyl sites for hydroxylation is 1. The molecule has 0 bridgehead atoms. The molecule has 6 nitrogen and oxygen atoms in total. The van der Waals surface area contributed by atoms with Gasteiger partial charge in [0, 0.05) is 17.5 Å². The molecular weight excluding hydrogens is 375 g/mol. The second-order valence-electron chi connectivity index (χ2n) is 7.11. The van der Waals surface area contributed by atoms with Crippen LogP contribution in [0.3, 0.4) is 0 Å². The highest BCUT2D eigenvalue weighted by Gasteiger charge is 2.46. The minimum absolute atomic E-state index is 0.122. The number of aliphatic hydroxyl groups excluding tert-OH is 3. The zero-order valence-corrected chi connectivity index (χ0v) is 14.8. The van der Waals surface area contributed by atoms with Gasteiger partial charge in [-0.1, -0.05) is 0 Å². The molecule has 1 aliphatic carbocycles. The Morgan fingerprint density at radius 3 is 2.46 bits per heavy atom. The van der Waals surface area contributed by atoms with Crippen molar-refractivity contribution in [3.05, 3.63) is 59.4 Å². The standard InChI is InChI=1S/C19H18F3N3O3/c1-8-10-2-3-25(19(10)24-7-23-8)14-6-11(17(27)18(14)28)16(26)9-4-12(20)15(22)13(21)5-9/h2-5,7,11,14,16-18,26-28H,6H2,1H3/t11-,14-,16?,17-,18+/m1/s1. The Morgan fingerprint density at radius 2 is 1.79 bits per heavy atom. The van der Waals surface area contributed by atoms with Crippen molar-refractivity contribution in [3.63, 3.8) is 0 Å². The minimum Gasteiger partial charge on any atom is -0.390 e. The summed E-state index contributed by atoms with van der Waals surface area (Å²) in [4.78, 5) is 8.33. The molecule has 2 heterocycles. The van der Waals surface area contributed by atoms with Crippen LogP contribution in [0.1, 0.15) is 29.8 Å². The third-order valence-electron chi connectivity index (χ3n) is 5.52. The van der Waals surface area contributed by atoms with Crippen molar-refractivity contribution in [2.75, 3.05) is 0 Å². The van der Waals surface area contributed by atoms with Crippen LogP contribution in [0, 0.1) is 30.3 Å². The molecule has 0 spiro atoms. The van der Waals surface area contributed by atoms with Crippen LogP contribution in [0.2, 0.25) is 0 Å². The molecule has 3 aromatic rings. The quantitative estimate of drug-likeness (QED) is 0.594. The highest BCUT2D eigenvalue weighted by atomic mass is 19.2. The molecule has 2 aromatic heterocycles. The lowest BCUT2D eigenvalue weighted by atomic mass is 9.92. The van der Waals surface area contributed by atoms with Crippen LogP contribution in [0.25, 0.3) is 11.0 Å². The molecule has 9 heteroatoms. The van der Waals surface area contributed by atoms with Gasteiger partial charge in [-0.3, -0.25) is 0 Å². The molecule has 5 atom stereocenters. The van der Waals surface area contributed by atoms with Crippen molar-refractivity contribution in [1.82, 2.24) is 14.5 Å². The van der Waals surface area contributed by atoms with Crippen LogP contribution in [0.4, 0.5) is 13.2 Å². The van der Waals surface area contributed by atoms with Crippen molar-refractivity contribution >= 4 is 11.0 Å². The van der Waals surface area contributed by atoms with Crippen molar-refractivity contribution in [3.8, 4) is 0 Å². The summed E-state index contributed by atoms with van der Waals surface area (Å²) in [6, 6.07) is 2.56. The molecule has 0 aliphatic heterocycles. The van der Waals surface area contributed by atoms with Crippen molar-refractivity contribution in [2.45, 2.75) is 37.7 Å². The summed E-state index contributed by atoms with van der Waals surface area (Å²) in [6.45, 7) is 1.82. The highest BCUT2D eigenvalue weighted by Crippen LogP contribution is 2.43. The SMILES string of the molecule is Cc1ncnc2c1ccn2[C@@H]1C[C@H](C(O)c2cc(F)c(F)c(F)c2)[C@@H](O)[C@H]1O. The summed E-state index contributed by atoms with van der Waals surface area (Å²) in [5, 5.41) is 32.4. The fraction of sp³-hybridized carbons (Fsp3) is 0.368. The maximum absolute atomic E-state index is 13.5. The molecule has 1 fully saturated rings. The van der Waals surface area contributed by atoms with E-state index in [0.717, 1.165) is 11.1 Å². The van der Waals surface area contributed by atoms with Gasteiger partial charge in [-0.15, -0.1) is 0 Å². The number of hydrogen-bond donors (Lipinski definition) is 3. The number of aliphatic hydroxyl groups is 3. The number of benzene rings is 1. The third-order valence-corrected chi connectivity index (χ3v) is 5.52. The van der Waals surface area contributed by atoms with E-state index in [9.17, 15) is 28.5 Å². The van der Waals surface area contributed by atoms with Crippen molar-refractivity contribution in [2.24, 2.45) is 5.92 Å². The number of nitrogens with zero attached hydrogens (tertiary/aromatic N) is 3. The maximum atomic E-state index is 13.5. The average molecular weight is 393 g/mol. The summed E-state index contributed by atoms with van der Waals surface area (Å²) in [5.74, 6) is -5.40. The fourth-order valence-corrected chi connectivity index (χ4v) is 3.99. The predicted molar refractivity (Wildman–Crippen MR) is 92.7 cm³/mol. The Labute approximate surface area is 157 Å². The van der Waals surface area contributed by atoms with E-state index in [2.05, 4.69) is 9.97 Å². The largest absolute Gasteiger partial charge is 0.390 e. The molecule has 4 rings (SSSR count). The molecule has 0 amide bonds. The number of aromatic nitrogens is 3. The average Bonchev–Trinajstić information content (AvgIpc) is 3.21. The minimum atomic E-state index is -1.63. The molecule has 1 aromatic carbocycles. The van der Waals surface area contributed by atoms with Gasteiger partial charge < -0.3 is 19.9 Å². The van der Waals surface area contributed by atoms with Gasteiger partial charge in [0.1, 0.15) is 18.1 Å². The van der Waals surface area contributed by atoms with Crippen LogP contribution < -0.4 is 0 Å². The summed E-state index contributed by atoms with van der Waals surface area (Å²) in [5.41, 5.74) is 1.12. The lowest BCUT2D eigenvalue weighted by molar-refractivity contribution is -0.0266. The Hall–Kier alpha value is -2.49. The van der Waals surface area contributed by atoms with Crippen LogP contribution in [0.15, 0.2) is 30.7 Å². The van der Waals surface area contributed by atoms with E-state index >= 15 is 0 Å². The predicted octanol–water partition coefficient (Wildman–Crippen LogP) is 2.17. The van der Waals surface area contributed by atoms with E-state index < -0.39 is 47.7 Å². The molecule has 0 radical (unpaired) electrons. The molecule has 1 unspecified atom stereocenters. The Kier molecular flexibility index (Phi) is 4.60. The Morgan fingerprint density at radius 1 is 1.11 bits per heavy atom. The van der Waals surface area contributed by atoms with Crippen LogP contribution in [-0.4, -0.2) is 42.1 Å². The second-order valence-corrected chi connectivity index (χ2v) is 7.11. The first kappa shape index (κ1) is 18.9. The van der Waals surface area contributed by atoms with Gasteiger partial charge in [-0.25, -0.2) is 23.1 Å². The van der Waals surface area contributed by atoms with Gasteiger partial charge in [0.2, 0.25) is 0 Å². The summed E-state index contributed by atoms with van der Waals surface area (Å²) < 4.78 is 41.9. The van der Waals surface area contributed by atoms with Gasteiger partial charge in [-0.05, 0) is 37.1 Å². The number of hydrogen-bond acceptors (Lipinski definition) is 5. The molecule has 0 saturated heterocycles. The molecule has 148 valence electrons. The van der Waals surface area contributed by atoms with Crippen LogP contribution in [-0.2, 0) is 0 Å². The van der Waals surface area contributed by atoms with E-state index in [1.165, 1.54) is 6.33 Å². The monoisotopic (exact) mass is 393 g/mol. The molecule has 28 heavy (non-hydrogen) atoms. The molecule has 1 saturated carbocycles. The van der Waals surface area contributed by atoms with E-state index in [0.29, 0.717) is 17.8 Å². The first-order chi connectivity index (χ1) is 13.3. The molecule has 3 N–H and O–H groups in total. The van der Waals surface area contributed by atoms with E-state index in [1.54, 1.807) is 16.8 Å². The Bertz CT molecular complexity index is 1020. The van der Waals surface area contributed by atoms with Crippen LogP contribution in [0.5, 0.6) is 0 Å². The fourth-order valence-electron chi connectivity index (χ4n) is 3.99. The first-order valence-corrected chi connectivity index (χ1v) is 8.76. The zero-order valence-electron chi connectivity index (χ0n) is 14.8. The van der Waals surface area contributed by atoms with Gasteiger partial charge in [-0.2, -0.15) is 0 Å². The maximum Gasteiger partial charge on any atom is 0.194 e.